The van der Waals surface area contributed by atoms with Crippen LogP contribution in [0.5, 0.6) is 0 Å². The Morgan fingerprint density at radius 2 is 1.08 bits per heavy atom. The lowest BCUT2D eigenvalue weighted by atomic mass is 10.3. The maximum Gasteiger partial charge on any atom is 0.116 e. The van der Waals surface area contributed by atoms with E-state index in [1.54, 1.807) is 0 Å². The molecule has 0 heterocycles. The first kappa shape index (κ1) is 20.6. The van der Waals surface area contributed by atoms with Gasteiger partial charge in [0, 0.05) is 0 Å². The molecule has 1 nitrogen and oxygen atoms in total. The van der Waals surface area contributed by atoms with E-state index in [1.807, 2.05) is 6.08 Å². The standard InChI is InChI=1S/C23H24OP.BrH/c1-20(17-18-24)19-25(21-11-5-2-6-12-21,22-13-7-3-8-14-22)23-15-9-4-10-16-23;/h2-17,24H,18-19H2,1H3;1H/q+1;/p-1. The molecule has 3 heteroatoms. The van der Waals surface area contributed by atoms with Crippen molar-refractivity contribution in [3.8, 4) is 0 Å². The third kappa shape index (κ3) is 4.32. The second kappa shape index (κ2) is 9.83. The second-order valence-corrected chi connectivity index (χ2v) is 9.69. The van der Waals surface area contributed by atoms with Crippen LogP contribution in [-0.4, -0.2) is 17.9 Å². The van der Waals surface area contributed by atoms with Gasteiger partial charge in [-0.15, -0.1) is 0 Å². The summed E-state index contributed by atoms with van der Waals surface area (Å²) in [4.78, 5) is 0. The van der Waals surface area contributed by atoms with Crippen LogP contribution < -0.4 is 32.9 Å². The van der Waals surface area contributed by atoms with Gasteiger partial charge in [0.25, 0.3) is 0 Å². The smallest absolute Gasteiger partial charge is 0.116 e. The third-order valence-electron chi connectivity index (χ3n) is 4.52. The van der Waals surface area contributed by atoms with Crippen molar-refractivity contribution < 1.29 is 22.1 Å². The molecule has 0 bridgehead atoms. The number of hydrogen-bond donors (Lipinski definition) is 1. The zero-order valence-corrected chi connectivity index (χ0v) is 17.4. The van der Waals surface area contributed by atoms with Crippen molar-refractivity contribution >= 4 is 23.2 Å². The van der Waals surface area contributed by atoms with Gasteiger partial charge in [0.2, 0.25) is 0 Å². The summed E-state index contributed by atoms with van der Waals surface area (Å²) in [5.41, 5.74) is 1.23. The summed E-state index contributed by atoms with van der Waals surface area (Å²) in [6.45, 7) is 2.21. The molecule has 0 saturated carbocycles. The largest absolute Gasteiger partial charge is 1.00 e. The van der Waals surface area contributed by atoms with E-state index in [1.165, 1.54) is 21.5 Å². The molecule has 3 rings (SSSR count). The number of benzene rings is 3. The highest BCUT2D eigenvalue weighted by atomic mass is 79.9. The van der Waals surface area contributed by atoms with Crippen molar-refractivity contribution in [1.29, 1.82) is 0 Å². The fraction of sp³-hybridized carbons (Fsp3) is 0.130. The van der Waals surface area contributed by atoms with Gasteiger partial charge in [-0.1, -0.05) is 60.7 Å². The SMILES string of the molecule is CC(=CCO)C[P+](c1ccccc1)(c1ccccc1)c1ccccc1.[Br-]. The molecular weight excluding hydrogens is 403 g/mol. The van der Waals surface area contributed by atoms with Crippen molar-refractivity contribution in [3.63, 3.8) is 0 Å². The number of allylic oxidation sites excluding steroid dienone is 1. The second-order valence-electron chi connectivity index (χ2n) is 6.21. The first-order chi connectivity index (χ1) is 12.3. The molecule has 0 aliphatic rings. The highest BCUT2D eigenvalue weighted by Gasteiger charge is 2.45. The van der Waals surface area contributed by atoms with E-state index in [0.29, 0.717) is 0 Å². The van der Waals surface area contributed by atoms with Crippen molar-refractivity contribution in [2.24, 2.45) is 0 Å². The summed E-state index contributed by atoms with van der Waals surface area (Å²) in [7, 11) is -1.82. The molecule has 0 aromatic heterocycles. The monoisotopic (exact) mass is 426 g/mol. The zero-order valence-electron chi connectivity index (χ0n) is 14.9. The van der Waals surface area contributed by atoms with Gasteiger partial charge >= 0.3 is 0 Å². The van der Waals surface area contributed by atoms with E-state index in [-0.39, 0.29) is 23.6 Å². The first-order valence-corrected chi connectivity index (χ1v) is 10.6. The van der Waals surface area contributed by atoms with Crippen molar-refractivity contribution in [2.75, 3.05) is 12.8 Å². The van der Waals surface area contributed by atoms with E-state index in [2.05, 4.69) is 97.9 Å². The van der Waals surface area contributed by atoms with Crippen LogP contribution in [0.1, 0.15) is 6.92 Å². The molecule has 134 valence electrons. The van der Waals surface area contributed by atoms with Gasteiger partial charge in [0.05, 0.1) is 12.8 Å². The van der Waals surface area contributed by atoms with Crippen LogP contribution in [-0.2, 0) is 0 Å². The Hall–Kier alpha value is -1.73. The predicted octanol–water partition coefficient (Wildman–Crippen LogP) is 0.923. The fourth-order valence-electron chi connectivity index (χ4n) is 3.36. The Morgan fingerprint density at radius 3 is 1.38 bits per heavy atom. The van der Waals surface area contributed by atoms with Gasteiger partial charge in [-0.25, -0.2) is 0 Å². The minimum atomic E-state index is -1.82. The van der Waals surface area contributed by atoms with Crippen LogP contribution in [0.25, 0.3) is 0 Å². The van der Waals surface area contributed by atoms with Gasteiger partial charge in [-0.3, -0.25) is 0 Å². The average molecular weight is 427 g/mol. The molecule has 3 aromatic rings. The van der Waals surface area contributed by atoms with E-state index in [0.717, 1.165) is 6.16 Å². The quantitative estimate of drug-likeness (QED) is 0.459. The van der Waals surface area contributed by atoms with Gasteiger partial charge in [0.15, 0.2) is 0 Å². The molecule has 0 aliphatic carbocycles. The van der Waals surface area contributed by atoms with Crippen molar-refractivity contribution in [2.45, 2.75) is 6.92 Å². The van der Waals surface area contributed by atoms with Crippen LogP contribution in [0.3, 0.4) is 0 Å². The normalized spacial score (nSPS) is 11.7. The Bertz CT molecular complexity index is 720. The number of halogens is 1. The summed E-state index contributed by atoms with van der Waals surface area (Å²) in [6, 6.07) is 32.5. The highest BCUT2D eigenvalue weighted by molar-refractivity contribution is 7.95. The summed E-state index contributed by atoms with van der Waals surface area (Å²) in [6.07, 6.45) is 2.87. The minimum absolute atomic E-state index is 0. The number of hydrogen-bond acceptors (Lipinski definition) is 1. The summed E-state index contributed by atoms with van der Waals surface area (Å²) >= 11 is 0. The molecular formula is C23H24BrOP. The molecule has 0 amide bonds. The Labute approximate surface area is 167 Å². The van der Waals surface area contributed by atoms with Gasteiger partial charge in [0.1, 0.15) is 23.2 Å². The fourth-order valence-corrected chi connectivity index (χ4v) is 7.73. The summed E-state index contributed by atoms with van der Waals surface area (Å²) < 4.78 is 0. The molecule has 0 fully saturated rings. The molecule has 0 radical (unpaired) electrons. The first-order valence-electron chi connectivity index (χ1n) is 8.59. The van der Waals surface area contributed by atoms with Crippen molar-refractivity contribution in [3.05, 3.63) is 103 Å². The highest BCUT2D eigenvalue weighted by Crippen LogP contribution is 2.56. The number of aliphatic hydroxyl groups excluding tert-OH is 1. The van der Waals surface area contributed by atoms with E-state index < -0.39 is 7.26 Å². The zero-order chi connectivity index (χ0) is 17.5. The Balaban J connectivity index is 0.00000243. The van der Waals surface area contributed by atoms with Crippen LogP contribution in [0.2, 0.25) is 0 Å². The van der Waals surface area contributed by atoms with E-state index >= 15 is 0 Å². The molecule has 1 N–H and O–H groups in total. The molecule has 0 aliphatic heterocycles. The van der Waals surface area contributed by atoms with Crippen LogP contribution in [0, 0.1) is 0 Å². The lowest BCUT2D eigenvalue weighted by molar-refractivity contribution is -0.00000598. The molecule has 3 aromatic carbocycles. The summed E-state index contributed by atoms with van der Waals surface area (Å²) in [5, 5.41) is 13.5. The lowest BCUT2D eigenvalue weighted by Crippen LogP contribution is -3.00. The molecule has 0 unspecified atom stereocenters. The van der Waals surface area contributed by atoms with Gasteiger partial charge in [-0.05, 0) is 48.9 Å². The topological polar surface area (TPSA) is 20.2 Å². The average Bonchev–Trinajstić information content (AvgIpc) is 2.68. The maximum absolute atomic E-state index is 9.38. The number of rotatable bonds is 6. The predicted molar refractivity (Wildman–Crippen MR) is 111 cm³/mol. The molecule has 0 saturated heterocycles. The molecule has 26 heavy (non-hydrogen) atoms. The Morgan fingerprint density at radius 1 is 0.731 bits per heavy atom. The maximum atomic E-state index is 9.38. The summed E-state index contributed by atoms with van der Waals surface area (Å²) in [5.74, 6) is 0. The molecule has 0 spiro atoms. The van der Waals surface area contributed by atoms with E-state index in [9.17, 15) is 5.11 Å². The van der Waals surface area contributed by atoms with Gasteiger partial charge < -0.3 is 22.1 Å². The third-order valence-corrected chi connectivity index (χ3v) is 9.03. The van der Waals surface area contributed by atoms with Crippen molar-refractivity contribution in [1.82, 2.24) is 0 Å². The lowest BCUT2D eigenvalue weighted by Gasteiger charge is -2.28. The van der Waals surface area contributed by atoms with E-state index in [4.69, 9.17) is 0 Å². The number of aliphatic hydroxyl groups is 1. The molecule has 0 atom stereocenters. The van der Waals surface area contributed by atoms with Gasteiger partial charge in [-0.2, -0.15) is 0 Å². The van der Waals surface area contributed by atoms with Crippen LogP contribution >= 0.6 is 7.26 Å². The van der Waals surface area contributed by atoms with Crippen LogP contribution in [0.15, 0.2) is 103 Å². The van der Waals surface area contributed by atoms with Crippen LogP contribution in [0.4, 0.5) is 0 Å². The Kier molecular flexibility index (Phi) is 7.78. The minimum Gasteiger partial charge on any atom is -1.00 e.